The van der Waals surface area contributed by atoms with Gasteiger partial charge >= 0.3 is 0 Å². The van der Waals surface area contributed by atoms with Gasteiger partial charge in [0.1, 0.15) is 28.2 Å². The number of nitro benzene ring substituents is 1. The smallest absolute Gasteiger partial charge is 0.293 e. The molecule has 1 saturated carbocycles. The number of aromatic nitrogens is 2. The Labute approximate surface area is 427 Å². The van der Waals surface area contributed by atoms with E-state index in [4.69, 9.17) is 21.1 Å². The summed E-state index contributed by atoms with van der Waals surface area (Å²) in [6.45, 7) is 12.9. The third-order valence-corrected chi connectivity index (χ3v) is 17.2. The number of fused-ring (bicyclic) bond motifs is 1. The van der Waals surface area contributed by atoms with Crippen LogP contribution in [0, 0.1) is 15.5 Å². The summed E-state index contributed by atoms with van der Waals surface area (Å²) >= 11 is 6.29. The third-order valence-electron chi connectivity index (χ3n) is 15.5. The molecule has 16 nitrogen and oxygen atoms in total. The van der Waals surface area contributed by atoms with Gasteiger partial charge < -0.3 is 24.7 Å². The molecule has 3 aliphatic heterocycles. The van der Waals surface area contributed by atoms with E-state index in [0.717, 1.165) is 108 Å². The Morgan fingerprint density at radius 3 is 2.42 bits per heavy atom. The fourth-order valence-electron chi connectivity index (χ4n) is 11.5. The van der Waals surface area contributed by atoms with Gasteiger partial charge in [-0.15, -0.1) is 0 Å². The van der Waals surface area contributed by atoms with Gasteiger partial charge in [-0.25, -0.2) is 18.1 Å². The molecule has 0 spiro atoms. The number of piperazine rings is 2. The van der Waals surface area contributed by atoms with E-state index in [2.05, 4.69) is 65.6 Å². The summed E-state index contributed by atoms with van der Waals surface area (Å²) in [5.74, 6) is -0.394. The number of sulfonamides is 1. The number of H-pyrrole nitrogens is 1. The number of hydrogen-bond acceptors (Lipinski definition) is 13. The first-order valence-electron chi connectivity index (χ1n) is 25.7. The van der Waals surface area contributed by atoms with Crippen LogP contribution >= 0.6 is 11.6 Å². The second-order valence-corrected chi connectivity index (χ2v) is 23.0. The average molecular weight is 1020 g/mol. The molecule has 5 aromatic rings. The molecule has 1 unspecified atom stereocenters. The first-order chi connectivity index (χ1) is 34.8. The quantitative estimate of drug-likeness (QED) is 0.0708. The number of ether oxygens (including phenoxy) is 2. The highest BCUT2D eigenvalue weighted by Gasteiger charge is 2.36. The first kappa shape index (κ1) is 50.0. The zero-order valence-electron chi connectivity index (χ0n) is 41.3. The summed E-state index contributed by atoms with van der Waals surface area (Å²) in [6, 6.07) is 21.1. The summed E-state index contributed by atoms with van der Waals surface area (Å²) in [7, 11) is -4.68. The van der Waals surface area contributed by atoms with E-state index in [1.807, 2.05) is 30.3 Å². The molecule has 0 radical (unpaired) electrons. The maximum Gasteiger partial charge on any atom is 0.293 e. The van der Waals surface area contributed by atoms with E-state index >= 15 is 0 Å². The second kappa shape index (κ2) is 21.5. The Morgan fingerprint density at radius 1 is 0.931 bits per heavy atom. The average Bonchev–Trinajstić information content (AvgIpc) is 3.86. The van der Waals surface area contributed by atoms with Crippen molar-refractivity contribution in [2.45, 2.75) is 101 Å². The Hall–Kier alpha value is -5.56. The number of nitrogens with zero attached hydrogens (tertiary/aromatic N) is 6. The van der Waals surface area contributed by atoms with Crippen LogP contribution in [0.4, 0.5) is 17.1 Å². The molecular weight excluding hydrogens is 954 g/mol. The standard InChI is InChI=1S/C54H66ClN9O7S/c1-54(2)22-20-39(45(34-54)37-12-14-40(55)15-13-37)36-60-24-26-62(27-25-60)47-9-5-7-44(51(47)71-43-33-38-21-23-56-52(38)57-35-43)53(65)59-72(68,69)48-10-6-8-46(64(66)67)50(48)58-41-16-18-42(19-17-41)61-28-30-63(31-29-61)49-11-3-4-32-70-49/h5-10,12-15,21,23,33,35,41-42,49,58H,3-4,11,16-20,22,24-32,34,36H2,1-2H3,(H,56,57)(H,59,65). The first-order valence-corrected chi connectivity index (χ1v) is 27.5. The molecule has 1 atom stereocenters. The predicted octanol–water partition coefficient (Wildman–Crippen LogP) is 9.69. The number of pyridine rings is 1. The lowest BCUT2D eigenvalue weighted by molar-refractivity contribution is -0.384. The maximum absolute atomic E-state index is 14.6. The molecule has 3 aromatic carbocycles. The van der Waals surface area contributed by atoms with Crippen LogP contribution in [0.3, 0.4) is 0 Å². The van der Waals surface area contributed by atoms with Gasteiger partial charge in [-0.2, -0.15) is 0 Å². The number of rotatable bonds is 14. The largest absolute Gasteiger partial charge is 0.453 e. The molecule has 382 valence electrons. The van der Waals surface area contributed by atoms with Crippen molar-refractivity contribution in [1.82, 2.24) is 29.4 Å². The molecule has 4 fully saturated rings. The summed E-state index contributed by atoms with van der Waals surface area (Å²) in [4.78, 5) is 43.3. The number of nitrogens with one attached hydrogen (secondary N) is 3. The molecule has 1 amide bonds. The van der Waals surface area contributed by atoms with Crippen molar-refractivity contribution in [3.8, 4) is 11.5 Å². The van der Waals surface area contributed by atoms with Crippen LogP contribution in [0.5, 0.6) is 11.5 Å². The van der Waals surface area contributed by atoms with Crippen LogP contribution in [0.2, 0.25) is 5.02 Å². The van der Waals surface area contributed by atoms with Crippen molar-refractivity contribution >= 4 is 61.2 Å². The Kier molecular flexibility index (Phi) is 14.9. The highest BCUT2D eigenvalue weighted by molar-refractivity contribution is 7.90. The highest BCUT2D eigenvalue weighted by Crippen LogP contribution is 2.44. The Bertz CT molecular complexity index is 2900. The number of nitro groups is 1. The van der Waals surface area contributed by atoms with E-state index in [9.17, 15) is 23.3 Å². The maximum atomic E-state index is 14.6. The summed E-state index contributed by atoms with van der Waals surface area (Å²) in [5.41, 5.74) is 5.03. The number of amides is 1. The van der Waals surface area contributed by atoms with Crippen LogP contribution in [-0.2, 0) is 14.8 Å². The van der Waals surface area contributed by atoms with Crippen molar-refractivity contribution < 1.29 is 27.6 Å². The molecule has 2 aliphatic carbocycles. The molecule has 5 heterocycles. The number of hydrogen-bond donors (Lipinski definition) is 3. The monoisotopic (exact) mass is 1020 g/mol. The fourth-order valence-corrected chi connectivity index (χ4v) is 12.8. The molecule has 2 aromatic heterocycles. The number of aromatic amines is 1. The van der Waals surface area contributed by atoms with Crippen molar-refractivity contribution in [2.75, 3.05) is 75.7 Å². The number of halogens is 1. The molecular formula is C54H66ClN9O7S. The number of para-hydroxylation sites is 2. The summed E-state index contributed by atoms with van der Waals surface area (Å²) in [5, 5.41) is 17.3. The minimum absolute atomic E-state index is 0.0133. The third kappa shape index (κ3) is 11.3. The van der Waals surface area contributed by atoms with Crippen LogP contribution in [-0.4, -0.2) is 128 Å². The lowest BCUT2D eigenvalue weighted by atomic mass is 9.72. The van der Waals surface area contributed by atoms with E-state index in [0.29, 0.717) is 49.1 Å². The zero-order valence-corrected chi connectivity index (χ0v) is 42.9. The lowest BCUT2D eigenvalue weighted by Crippen LogP contribution is -2.55. The molecule has 5 aliphatic rings. The van der Waals surface area contributed by atoms with Gasteiger partial charge in [0.2, 0.25) is 0 Å². The van der Waals surface area contributed by atoms with Gasteiger partial charge in [-0.1, -0.05) is 55.3 Å². The van der Waals surface area contributed by atoms with Crippen LogP contribution in [0.15, 0.2) is 95.7 Å². The minimum atomic E-state index is -4.68. The van der Waals surface area contributed by atoms with Gasteiger partial charge in [-0.05, 0) is 123 Å². The zero-order chi connectivity index (χ0) is 50.0. The minimum Gasteiger partial charge on any atom is -0.453 e. The van der Waals surface area contributed by atoms with Crippen molar-refractivity contribution in [2.24, 2.45) is 5.41 Å². The number of benzene rings is 3. The van der Waals surface area contributed by atoms with Gasteiger partial charge in [-0.3, -0.25) is 29.6 Å². The van der Waals surface area contributed by atoms with Gasteiger partial charge in [0.05, 0.1) is 22.4 Å². The van der Waals surface area contributed by atoms with E-state index < -0.39 is 20.9 Å². The summed E-state index contributed by atoms with van der Waals surface area (Å²) < 4.78 is 43.9. The lowest BCUT2D eigenvalue weighted by Gasteiger charge is -2.44. The molecule has 3 saturated heterocycles. The molecule has 3 N–H and O–H groups in total. The van der Waals surface area contributed by atoms with Crippen LogP contribution in [0.25, 0.3) is 16.6 Å². The van der Waals surface area contributed by atoms with E-state index in [1.54, 1.807) is 18.5 Å². The second-order valence-electron chi connectivity index (χ2n) is 20.9. The predicted molar refractivity (Wildman–Crippen MR) is 281 cm³/mol. The van der Waals surface area contributed by atoms with Gasteiger partial charge in [0, 0.05) is 100 Å². The summed E-state index contributed by atoms with van der Waals surface area (Å²) in [6.07, 6.45) is 13.3. The normalized spacial score (nSPS) is 22.7. The Morgan fingerprint density at radius 2 is 1.68 bits per heavy atom. The van der Waals surface area contributed by atoms with Crippen LogP contribution in [0.1, 0.15) is 94.0 Å². The molecule has 0 bridgehead atoms. The van der Waals surface area contributed by atoms with Gasteiger partial charge in [0.25, 0.3) is 21.6 Å². The number of allylic oxidation sites excluding steroid dienone is 1. The number of anilines is 2. The Balaban J connectivity index is 0.859. The van der Waals surface area contributed by atoms with Crippen molar-refractivity contribution in [3.05, 3.63) is 117 Å². The highest BCUT2D eigenvalue weighted by atomic mass is 35.5. The van der Waals surface area contributed by atoms with E-state index in [1.165, 1.54) is 47.4 Å². The molecule has 10 rings (SSSR count). The van der Waals surface area contributed by atoms with Crippen molar-refractivity contribution in [1.29, 1.82) is 0 Å². The SMILES string of the molecule is CC1(C)CCC(CN2CCN(c3cccc(C(=O)NS(=O)(=O)c4cccc([N+](=O)[O-])c4NC4CCC(N5CCN(C6CCCCO6)CC5)CC4)c3Oc3cnc4[nH]ccc4c3)CC2)=C(c2ccc(Cl)cc2)C1. The van der Waals surface area contributed by atoms with E-state index in [-0.39, 0.29) is 45.3 Å². The van der Waals surface area contributed by atoms with Crippen molar-refractivity contribution in [3.63, 3.8) is 0 Å². The fraction of sp³-hybridized carbons (Fsp3) is 0.481. The number of carbonyl (C=O) groups is 1. The number of carbonyl (C=O) groups excluding carboxylic acids is 1. The molecule has 72 heavy (non-hydrogen) atoms. The molecule has 18 heteroatoms. The van der Waals surface area contributed by atoms with Crippen LogP contribution < -0.4 is 19.7 Å². The van der Waals surface area contributed by atoms with Gasteiger partial charge in [0.15, 0.2) is 5.75 Å². The topological polar surface area (TPSA) is 179 Å².